The Morgan fingerprint density at radius 3 is 2.65 bits per heavy atom. The summed E-state index contributed by atoms with van der Waals surface area (Å²) in [7, 11) is 1.58. The van der Waals surface area contributed by atoms with Crippen LogP contribution in [0.4, 0.5) is 5.69 Å². The molecule has 0 saturated heterocycles. The van der Waals surface area contributed by atoms with E-state index in [4.69, 9.17) is 4.74 Å². The predicted molar refractivity (Wildman–Crippen MR) is 104 cm³/mol. The van der Waals surface area contributed by atoms with Crippen molar-refractivity contribution in [3.8, 4) is 5.75 Å². The normalized spacial score (nSPS) is 10.6. The highest BCUT2D eigenvalue weighted by Gasteiger charge is 2.07. The van der Waals surface area contributed by atoms with E-state index >= 15 is 0 Å². The second kappa shape index (κ2) is 9.42. The Kier molecular flexibility index (Phi) is 6.97. The van der Waals surface area contributed by atoms with Crippen LogP contribution >= 0.6 is 0 Å². The number of amides is 2. The van der Waals surface area contributed by atoms with Crippen LogP contribution in [0, 0.1) is 6.92 Å². The third-order valence-electron chi connectivity index (χ3n) is 3.90. The molecule has 5 heteroatoms. The number of benzene rings is 2. The van der Waals surface area contributed by atoms with Gasteiger partial charge in [-0.15, -0.1) is 0 Å². The second-order valence-corrected chi connectivity index (χ2v) is 5.86. The summed E-state index contributed by atoms with van der Waals surface area (Å²) in [6.45, 7) is 3.90. The van der Waals surface area contributed by atoms with E-state index in [0.717, 1.165) is 28.8 Å². The molecule has 0 aromatic heterocycles. The Balaban J connectivity index is 1.90. The molecule has 5 nitrogen and oxygen atoms in total. The van der Waals surface area contributed by atoms with E-state index in [2.05, 4.69) is 10.6 Å². The SMILES string of the molecule is CCc1ccccc1NC(=O)CNC(=O)/C=C/c1cc(C)ccc1OC. The lowest BCUT2D eigenvalue weighted by atomic mass is 10.1. The van der Waals surface area contributed by atoms with Gasteiger partial charge in [-0.05, 0) is 43.2 Å². The summed E-state index contributed by atoms with van der Waals surface area (Å²) in [5, 5.41) is 5.40. The van der Waals surface area contributed by atoms with Crippen molar-refractivity contribution in [1.29, 1.82) is 0 Å². The van der Waals surface area contributed by atoms with Gasteiger partial charge in [-0.2, -0.15) is 0 Å². The van der Waals surface area contributed by atoms with Gasteiger partial charge in [0, 0.05) is 17.3 Å². The number of para-hydroxylation sites is 1. The van der Waals surface area contributed by atoms with E-state index in [9.17, 15) is 9.59 Å². The maximum atomic E-state index is 12.0. The molecular weight excluding hydrogens is 328 g/mol. The van der Waals surface area contributed by atoms with Gasteiger partial charge in [-0.1, -0.05) is 36.8 Å². The minimum Gasteiger partial charge on any atom is -0.496 e. The van der Waals surface area contributed by atoms with Gasteiger partial charge in [0.05, 0.1) is 13.7 Å². The number of rotatable bonds is 7. The molecule has 136 valence electrons. The van der Waals surface area contributed by atoms with Gasteiger partial charge in [-0.3, -0.25) is 9.59 Å². The maximum Gasteiger partial charge on any atom is 0.244 e. The lowest BCUT2D eigenvalue weighted by Crippen LogP contribution is -2.31. The van der Waals surface area contributed by atoms with Crippen LogP contribution in [0.3, 0.4) is 0 Å². The molecule has 2 N–H and O–H groups in total. The first kappa shape index (κ1) is 19.2. The molecule has 2 aromatic rings. The molecule has 0 aliphatic heterocycles. The molecule has 0 saturated carbocycles. The zero-order valence-corrected chi connectivity index (χ0v) is 15.3. The molecule has 0 aliphatic carbocycles. The highest BCUT2D eigenvalue weighted by atomic mass is 16.5. The largest absolute Gasteiger partial charge is 0.496 e. The van der Waals surface area contributed by atoms with Crippen molar-refractivity contribution in [2.24, 2.45) is 0 Å². The average molecular weight is 352 g/mol. The van der Waals surface area contributed by atoms with Gasteiger partial charge in [0.1, 0.15) is 5.75 Å². The summed E-state index contributed by atoms with van der Waals surface area (Å²) in [6, 6.07) is 13.3. The summed E-state index contributed by atoms with van der Waals surface area (Å²) in [5.74, 6) is 0.0850. The zero-order chi connectivity index (χ0) is 18.9. The molecule has 26 heavy (non-hydrogen) atoms. The van der Waals surface area contributed by atoms with Gasteiger partial charge in [0.2, 0.25) is 11.8 Å². The maximum absolute atomic E-state index is 12.0. The molecule has 2 aromatic carbocycles. The third-order valence-corrected chi connectivity index (χ3v) is 3.90. The first-order valence-electron chi connectivity index (χ1n) is 8.51. The molecule has 0 atom stereocenters. The molecule has 2 amide bonds. The van der Waals surface area contributed by atoms with E-state index in [1.807, 2.05) is 56.3 Å². The van der Waals surface area contributed by atoms with Gasteiger partial charge >= 0.3 is 0 Å². The molecule has 0 radical (unpaired) electrons. The monoisotopic (exact) mass is 352 g/mol. The Hall–Kier alpha value is -3.08. The molecule has 2 rings (SSSR count). The van der Waals surface area contributed by atoms with Gasteiger partial charge in [0.25, 0.3) is 0 Å². The number of ether oxygens (including phenoxy) is 1. The summed E-state index contributed by atoms with van der Waals surface area (Å²) in [5.41, 5.74) is 3.71. The van der Waals surface area contributed by atoms with E-state index < -0.39 is 0 Å². The highest BCUT2D eigenvalue weighted by Crippen LogP contribution is 2.20. The van der Waals surface area contributed by atoms with Crippen LogP contribution in [0.25, 0.3) is 6.08 Å². The molecule has 0 aliphatic rings. The van der Waals surface area contributed by atoms with E-state index in [-0.39, 0.29) is 18.4 Å². The van der Waals surface area contributed by atoms with Crippen molar-refractivity contribution >= 4 is 23.6 Å². The van der Waals surface area contributed by atoms with E-state index in [0.29, 0.717) is 5.75 Å². The van der Waals surface area contributed by atoms with Crippen LogP contribution in [0.2, 0.25) is 0 Å². The minimum atomic E-state index is -0.340. The van der Waals surface area contributed by atoms with Crippen molar-refractivity contribution in [2.45, 2.75) is 20.3 Å². The Morgan fingerprint density at radius 1 is 1.15 bits per heavy atom. The van der Waals surface area contributed by atoms with Gasteiger partial charge in [-0.25, -0.2) is 0 Å². The lowest BCUT2D eigenvalue weighted by molar-refractivity contribution is -0.121. The fourth-order valence-corrected chi connectivity index (χ4v) is 2.52. The minimum absolute atomic E-state index is 0.0911. The predicted octanol–water partition coefficient (Wildman–Crippen LogP) is 3.33. The van der Waals surface area contributed by atoms with E-state index in [1.165, 1.54) is 6.08 Å². The fraction of sp³-hybridized carbons (Fsp3) is 0.238. The quantitative estimate of drug-likeness (QED) is 0.751. The Labute approximate surface area is 154 Å². The molecule has 0 unspecified atom stereocenters. The lowest BCUT2D eigenvalue weighted by Gasteiger charge is -2.09. The highest BCUT2D eigenvalue weighted by molar-refractivity contribution is 5.98. The molecule has 0 heterocycles. The zero-order valence-electron chi connectivity index (χ0n) is 15.3. The van der Waals surface area contributed by atoms with Crippen LogP contribution in [0.15, 0.2) is 48.5 Å². The molecule has 0 spiro atoms. The summed E-state index contributed by atoms with van der Waals surface area (Å²) >= 11 is 0. The van der Waals surface area contributed by atoms with Gasteiger partial charge in [0.15, 0.2) is 0 Å². The fourth-order valence-electron chi connectivity index (χ4n) is 2.52. The van der Waals surface area contributed by atoms with Gasteiger partial charge < -0.3 is 15.4 Å². The van der Waals surface area contributed by atoms with Crippen LogP contribution in [0.1, 0.15) is 23.6 Å². The Morgan fingerprint density at radius 2 is 1.92 bits per heavy atom. The first-order chi connectivity index (χ1) is 12.5. The van der Waals surface area contributed by atoms with Crippen molar-refractivity contribution in [3.63, 3.8) is 0 Å². The Bertz CT molecular complexity index is 813. The molecule has 0 fully saturated rings. The van der Waals surface area contributed by atoms with Crippen LogP contribution < -0.4 is 15.4 Å². The van der Waals surface area contributed by atoms with E-state index in [1.54, 1.807) is 13.2 Å². The summed E-state index contributed by atoms with van der Waals surface area (Å²) < 4.78 is 5.27. The number of hydrogen-bond donors (Lipinski definition) is 2. The summed E-state index contributed by atoms with van der Waals surface area (Å²) in [6.07, 6.45) is 3.89. The average Bonchev–Trinajstić information content (AvgIpc) is 2.65. The molecular formula is C21H24N2O3. The van der Waals surface area contributed by atoms with Crippen LogP contribution in [-0.2, 0) is 16.0 Å². The van der Waals surface area contributed by atoms with Crippen molar-refractivity contribution < 1.29 is 14.3 Å². The number of methoxy groups -OCH3 is 1. The topological polar surface area (TPSA) is 67.4 Å². The van der Waals surface area contributed by atoms with Crippen molar-refractivity contribution in [3.05, 3.63) is 65.2 Å². The number of nitrogens with one attached hydrogen (secondary N) is 2. The van der Waals surface area contributed by atoms with Crippen LogP contribution in [0.5, 0.6) is 5.75 Å². The third kappa shape index (κ3) is 5.48. The molecule has 0 bridgehead atoms. The van der Waals surface area contributed by atoms with Crippen molar-refractivity contribution in [2.75, 3.05) is 19.0 Å². The number of carbonyl (C=O) groups is 2. The first-order valence-corrected chi connectivity index (χ1v) is 8.51. The second-order valence-electron chi connectivity index (χ2n) is 5.86. The number of carbonyl (C=O) groups excluding carboxylic acids is 2. The smallest absolute Gasteiger partial charge is 0.244 e. The van der Waals surface area contributed by atoms with Crippen molar-refractivity contribution in [1.82, 2.24) is 5.32 Å². The number of anilines is 1. The number of aryl methyl sites for hydroxylation is 2. The summed E-state index contributed by atoms with van der Waals surface area (Å²) in [4.78, 5) is 24.0. The number of hydrogen-bond acceptors (Lipinski definition) is 3. The van der Waals surface area contributed by atoms with Crippen LogP contribution in [-0.4, -0.2) is 25.5 Å². The standard InChI is InChI=1S/C21H24N2O3/c1-4-16-7-5-6-8-18(16)23-21(25)14-22-20(24)12-10-17-13-15(2)9-11-19(17)26-3/h5-13H,4,14H2,1-3H3,(H,22,24)(H,23,25)/b12-10+.